The third kappa shape index (κ3) is 5.74. The normalized spacial score (nSPS) is 13.5. The van der Waals surface area contributed by atoms with Crippen molar-refractivity contribution in [1.29, 1.82) is 0 Å². The van der Waals surface area contributed by atoms with Gasteiger partial charge in [0.05, 0.1) is 0 Å². The van der Waals surface area contributed by atoms with Gasteiger partial charge in [0.2, 0.25) is 0 Å². The molecule has 0 saturated carbocycles. The lowest BCUT2D eigenvalue weighted by molar-refractivity contribution is 0.0558. The van der Waals surface area contributed by atoms with Gasteiger partial charge < -0.3 is 10.4 Å². The summed E-state index contributed by atoms with van der Waals surface area (Å²) in [6, 6.07) is 0. The maximum absolute atomic E-state index is 9.39. The Morgan fingerprint density at radius 3 is 2.42 bits per heavy atom. The molecule has 0 rings (SSSR count). The zero-order valence-electron chi connectivity index (χ0n) is 7.96. The lowest BCUT2D eigenvalue weighted by Crippen LogP contribution is -2.37. The van der Waals surface area contributed by atoms with Crippen molar-refractivity contribution < 1.29 is 5.11 Å². The Kier molecular flexibility index (Phi) is 4.37. The Hall–Kier alpha value is -1.02. The Bertz CT molecular complexity index is 196. The molecule has 2 N–H and O–H groups in total. The molecule has 0 aliphatic heterocycles. The summed E-state index contributed by atoms with van der Waals surface area (Å²) in [5.41, 5.74) is -0.0951. The summed E-state index contributed by atoms with van der Waals surface area (Å²) in [7, 11) is 0. The average Bonchev–Trinajstić information content (AvgIpc) is 1.95. The van der Waals surface area contributed by atoms with Gasteiger partial charge >= 0.3 is 0 Å². The Labute approximate surface area is 74.3 Å². The van der Waals surface area contributed by atoms with Crippen molar-refractivity contribution in [3.05, 3.63) is 36.6 Å². The molecule has 0 radical (unpaired) electrons. The van der Waals surface area contributed by atoms with Crippen LogP contribution < -0.4 is 5.32 Å². The molecule has 0 amide bonds. The summed E-state index contributed by atoms with van der Waals surface area (Å²) in [6.07, 6.45) is 7.31. The monoisotopic (exact) mass is 167 g/mol. The maximum atomic E-state index is 9.39. The van der Waals surface area contributed by atoms with E-state index in [1.54, 1.807) is 19.9 Å². The van der Waals surface area contributed by atoms with E-state index in [-0.39, 0.29) is 0 Å². The highest BCUT2D eigenvalue weighted by Gasteiger charge is 2.10. The summed E-state index contributed by atoms with van der Waals surface area (Å²) < 4.78 is 0. The van der Waals surface area contributed by atoms with E-state index in [0.29, 0.717) is 0 Å². The van der Waals surface area contributed by atoms with Gasteiger partial charge in [0, 0.05) is 5.70 Å². The predicted molar refractivity (Wildman–Crippen MR) is 52.5 cm³/mol. The molecule has 0 spiro atoms. The second kappa shape index (κ2) is 4.78. The van der Waals surface area contributed by atoms with Gasteiger partial charge in [-0.15, -0.1) is 0 Å². The summed E-state index contributed by atoms with van der Waals surface area (Å²) in [5.74, 6) is 0. The minimum atomic E-state index is -0.901. The SMILES string of the molecule is C=C/C(=C\C=C/C)NC(C)(C)O. The van der Waals surface area contributed by atoms with E-state index in [4.69, 9.17) is 0 Å². The molecule has 0 unspecified atom stereocenters. The predicted octanol–water partition coefficient (Wildman–Crippen LogP) is 1.95. The van der Waals surface area contributed by atoms with Crippen LogP contribution in [0.5, 0.6) is 0 Å². The number of aliphatic hydroxyl groups is 1. The average molecular weight is 167 g/mol. The lowest BCUT2D eigenvalue weighted by atomic mass is 10.2. The lowest BCUT2D eigenvalue weighted by Gasteiger charge is -2.20. The first-order valence-electron chi connectivity index (χ1n) is 3.95. The summed E-state index contributed by atoms with van der Waals surface area (Å²) >= 11 is 0. The second-order valence-electron chi connectivity index (χ2n) is 3.04. The Morgan fingerprint density at radius 1 is 1.50 bits per heavy atom. The molecule has 0 heterocycles. The largest absolute Gasteiger partial charge is 0.372 e. The van der Waals surface area contributed by atoms with Crippen LogP contribution in [-0.4, -0.2) is 10.8 Å². The van der Waals surface area contributed by atoms with Gasteiger partial charge in [-0.25, -0.2) is 0 Å². The fourth-order valence-electron chi connectivity index (χ4n) is 0.714. The second-order valence-corrected chi connectivity index (χ2v) is 3.04. The van der Waals surface area contributed by atoms with Gasteiger partial charge in [-0.3, -0.25) is 0 Å². The van der Waals surface area contributed by atoms with Gasteiger partial charge in [-0.05, 0) is 32.9 Å². The molecule has 0 bridgehead atoms. The van der Waals surface area contributed by atoms with Crippen molar-refractivity contribution in [3.8, 4) is 0 Å². The highest BCUT2D eigenvalue weighted by atomic mass is 16.3. The molecule has 0 fully saturated rings. The fraction of sp³-hybridized carbons (Fsp3) is 0.400. The molecule has 12 heavy (non-hydrogen) atoms. The van der Waals surface area contributed by atoms with E-state index in [9.17, 15) is 5.11 Å². The number of hydrogen-bond acceptors (Lipinski definition) is 2. The number of hydrogen-bond donors (Lipinski definition) is 2. The van der Waals surface area contributed by atoms with Crippen LogP contribution in [-0.2, 0) is 0 Å². The van der Waals surface area contributed by atoms with Crippen molar-refractivity contribution in [2.45, 2.75) is 26.5 Å². The molecular weight excluding hydrogens is 150 g/mol. The van der Waals surface area contributed by atoms with Crippen LogP contribution in [0.25, 0.3) is 0 Å². The number of rotatable bonds is 4. The van der Waals surface area contributed by atoms with Crippen molar-refractivity contribution in [3.63, 3.8) is 0 Å². The molecule has 0 aliphatic carbocycles. The Morgan fingerprint density at radius 2 is 2.08 bits per heavy atom. The summed E-state index contributed by atoms with van der Waals surface area (Å²) in [4.78, 5) is 0. The Balaban J connectivity index is 4.28. The molecule has 0 saturated heterocycles. The van der Waals surface area contributed by atoms with Gasteiger partial charge in [0.25, 0.3) is 0 Å². The molecule has 0 aromatic rings. The maximum Gasteiger partial charge on any atom is 0.129 e. The zero-order chi connectivity index (χ0) is 9.61. The molecule has 0 aromatic heterocycles. The van der Waals surface area contributed by atoms with E-state index >= 15 is 0 Å². The minimum absolute atomic E-state index is 0.806. The van der Waals surface area contributed by atoms with E-state index in [1.807, 2.05) is 25.2 Å². The van der Waals surface area contributed by atoms with E-state index in [1.165, 1.54) is 0 Å². The van der Waals surface area contributed by atoms with E-state index in [2.05, 4.69) is 11.9 Å². The van der Waals surface area contributed by atoms with Gasteiger partial charge in [0.15, 0.2) is 0 Å². The number of allylic oxidation sites excluding steroid dienone is 4. The van der Waals surface area contributed by atoms with Crippen LogP contribution in [0.15, 0.2) is 36.6 Å². The third-order valence-corrected chi connectivity index (χ3v) is 1.14. The van der Waals surface area contributed by atoms with Crippen LogP contribution in [0.1, 0.15) is 20.8 Å². The van der Waals surface area contributed by atoms with E-state index in [0.717, 1.165) is 5.70 Å². The van der Waals surface area contributed by atoms with Crippen molar-refractivity contribution in [2.24, 2.45) is 0 Å². The number of nitrogens with one attached hydrogen (secondary N) is 1. The third-order valence-electron chi connectivity index (χ3n) is 1.14. The molecule has 0 aromatic carbocycles. The van der Waals surface area contributed by atoms with E-state index < -0.39 is 5.72 Å². The zero-order valence-corrected chi connectivity index (χ0v) is 7.96. The first-order valence-corrected chi connectivity index (χ1v) is 3.95. The van der Waals surface area contributed by atoms with Crippen LogP contribution in [0.2, 0.25) is 0 Å². The molecule has 0 aliphatic rings. The highest BCUT2D eigenvalue weighted by Crippen LogP contribution is 2.01. The van der Waals surface area contributed by atoms with Crippen LogP contribution in [0.4, 0.5) is 0 Å². The summed E-state index contributed by atoms with van der Waals surface area (Å²) in [5, 5.41) is 12.3. The smallest absolute Gasteiger partial charge is 0.129 e. The van der Waals surface area contributed by atoms with Crippen LogP contribution in [0, 0.1) is 0 Å². The first-order chi connectivity index (χ1) is 5.49. The molecular formula is C10H17NO. The molecule has 2 heteroatoms. The van der Waals surface area contributed by atoms with Gasteiger partial charge in [-0.2, -0.15) is 0 Å². The van der Waals surface area contributed by atoms with Crippen molar-refractivity contribution >= 4 is 0 Å². The first kappa shape index (κ1) is 11.0. The fourth-order valence-corrected chi connectivity index (χ4v) is 0.714. The van der Waals surface area contributed by atoms with Crippen LogP contribution >= 0.6 is 0 Å². The van der Waals surface area contributed by atoms with Crippen LogP contribution in [0.3, 0.4) is 0 Å². The summed E-state index contributed by atoms with van der Waals surface area (Å²) in [6.45, 7) is 8.92. The standard InChI is InChI=1S/C10H17NO/c1-5-7-8-9(6-2)11-10(3,4)12/h5-8,11-12H,2H2,1,3-4H3/b7-5-,9-8+. The van der Waals surface area contributed by atoms with Crippen molar-refractivity contribution in [2.75, 3.05) is 0 Å². The molecule has 2 nitrogen and oxygen atoms in total. The minimum Gasteiger partial charge on any atom is -0.372 e. The highest BCUT2D eigenvalue weighted by molar-refractivity contribution is 5.20. The molecule has 0 atom stereocenters. The topological polar surface area (TPSA) is 32.3 Å². The van der Waals surface area contributed by atoms with Crippen molar-refractivity contribution in [1.82, 2.24) is 5.32 Å². The quantitative estimate of drug-likeness (QED) is 0.495. The van der Waals surface area contributed by atoms with Gasteiger partial charge in [0.1, 0.15) is 5.72 Å². The molecule has 68 valence electrons. The van der Waals surface area contributed by atoms with Gasteiger partial charge in [-0.1, -0.05) is 18.7 Å².